The summed E-state index contributed by atoms with van der Waals surface area (Å²) in [7, 11) is 0. The number of aryl methyl sites for hydroxylation is 1. The maximum absolute atomic E-state index is 2.30. The van der Waals surface area contributed by atoms with Gasteiger partial charge in [-0.2, -0.15) is 0 Å². The van der Waals surface area contributed by atoms with Gasteiger partial charge in [0, 0.05) is 9.75 Å². The van der Waals surface area contributed by atoms with Gasteiger partial charge in [-0.3, -0.25) is 0 Å². The van der Waals surface area contributed by atoms with Gasteiger partial charge in [0.15, 0.2) is 0 Å². The van der Waals surface area contributed by atoms with Crippen molar-refractivity contribution in [2.45, 2.75) is 53.4 Å². The molecular formula is C12H20S. The van der Waals surface area contributed by atoms with Gasteiger partial charge in [-0.25, -0.2) is 0 Å². The van der Waals surface area contributed by atoms with E-state index in [-0.39, 0.29) is 0 Å². The fourth-order valence-corrected chi connectivity index (χ4v) is 3.02. The van der Waals surface area contributed by atoms with Gasteiger partial charge in [-0.05, 0) is 36.8 Å². The van der Waals surface area contributed by atoms with E-state index in [1.54, 1.807) is 9.75 Å². The molecule has 0 atom stereocenters. The highest BCUT2D eigenvalue weighted by Crippen LogP contribution is 2.36. The summed E-state index contributed by atoms with van der Waals surface area (Å²) in [5.41, 5.74) is 3.33. The predicted molar refractivity (Wildman–Crippen MR) is 61.9 cm³/mol. The molecule has 0 N–H and O–H groups in total. The lowest BCUT2D eigenvalue weighted by Gasteiger charge is -2.17. The van der Waals surface area contributed by atoms with Crippen LogP contribution < -0.4 is 0 Å². The molecule has 0 aliphatic carbocycles. The van der Waals surface area contributed by atoms with Crippen LogP contribution in [0.3, 0.4) is 0 Å². The summed E-state index contributed by atoms with van der Waals surface area (Å²) in [6, 6.07) is 0. The molecule has 0 nitrogen and oxygen atoms in total. The molecule has 0 amide bonds. The summed E-state index contributed by atoms with van der Waals surface area (Å²) in [5, 5.41) is 0. The SMILES string of the molecule is CCc1sc(C(C)(C)C)c(C)c1C. The normalized spacial score (nSPS) is 12.2. The van der Waals surface area contributed by atoms with Crippen molar-refractivity contribution in [1.82, 2.24) is 0 Å². The van der Waals surface area contributed by atoms with Gasteiger partial charge in [-0.15, -0.1) is 11.3 Å². The molecule has 1 aromatic heterocycles. The van der Waals surface area contributed by atoms with Crippen molar-refractivity contribution in [3.05, 3.63) is 20.9 Å². The van der Waals surface area contributed by atoms with E-state index >= 15 is 0 Å². The van der Waals surface area contributed by atoms with Gasteiger partial charge < -0.3 is 0 Å². The fourth-order valence-electron chi connectivity index (χ4n) is 1.71. The zero-order chi connectivity index (χ0) is 10.2. The average molecular weight is 196 g/mol. The molecule has 0 radical (unpaired) electrons. The molecule has 0 bridgehead atoms. The Balaban J connectivity index is 3.25. The van der Waals surface area contributed by atoms with E-state index in [4.69, 9.17) is 0 Å². The maximum atomic E-state index is 2.30. The van der Waals surface area contributed by atoms with Crippen LogP contribution in [0.1, 0.15) is 48.6 Å². The van der Waals surface area contributed by atoms with Crippen molar-refractivity contribution in [3.63, 3.8) is 0 Å². The first-order valence-corrected chi connectivity index (χ1v) is 5.79. The molecule has 0 aliphatic heterocycles. The molecule has 1 heteroatoms. The van der Waals surface area contributed by atoms with Gasteiger partial charge in [0.25, 0.3) is 0 Å². The summed E-state index contributed by atoms with van der Waals surface area (Å²) in [6.07, 6.45) is 1.17. The Bertz CT molecular complexity index is 300. The molecule has 0 aromatic carbocycles. The molecule has 13 heavy (non-hydrogen) atoms. The van der Waals surface area contributed by atoms with E-state index in [0.29, 0.717) is 5.41 Å². The highest BCUT2D eigenvalue weighted by molar-refractivity contribution is 7.12. The summed E-state index contributed by atoms with van der Waals surface area (Å²) >= 11 is 1.99. The summed E-state index contributed by atoms with van der Waals surface area (Å²) in [4.78, 5) is 3.12. The summed E-state index contributed by atoms with van der Waals surface area (Å²) in [6.45, 7) is 13.6. The second-order valence-electron chi connectivity index (χ2n) is 4.71. The average Bonchev–Trinajstić information content (AvgIpc) is 2.28. The van der Waals surface area contributed by atoms with E-state index < -0.39 is 0 Å². The van der Waals surface area contributed by atoms with Crippen LogP contribution in [-0.4, -0.2) is 0 Å². The van der Waals surface area contributed by atoms with Crippen molar-refractivity contribution < 1.29 is 0 Å². The van der Waals surface area contributed by atoms with E-state index in [1.807, 2.05) is 11.3 Å². The van der Waals surface area contributed by atoms with Crippen molar-refractivity contribution in [3.8, 4) is 0 Å². The molecule has 0 saturated heterocycles. The minimum absolute atomic E-state index is 0.312. The Morgan fingerprint density at radius 3 is 1.85 bits per heavy atom. The van der Waals surface area contributed by atoms with Crippen LogP contribution in [0.15, 0.2) is 0 Å². The number of rotatable bonds is 1. The van der Waals surface area contributed by atoms with Gasteiger partial charge in [-0.1, -0.05) is 27.7 Å². The predicted octanol–water partition coefficient (Wildman–Crippen LogP) is 4.22. The van der Waals surface area contributed by atoms with Crippen molar-refractivity contribution in [2.24, 2.45) is 0 Å². The lowest BCUT2D eigenvalue weighted by Crippen LogP contribution is -2.10. The van der Waals surface area contributed by atoms with Gasteiger partial charge >= 0.3 is 0 Å². The molecule has 1 aromatic rings. The second kappa shape index (κ2) is 3.45. The zero-order valence-corrected chi connectivity index (χ0v) is 10.4. The molecule has 0 fully saturated rings. The first-order chi connectivity index (χ1) is 5.88. The highest BCUT2D eigenvalue weighted by Gasteiger charge is 2.21. The Labute approximate surface area is 86.0 Å². The van der Waals surface area contributed by atoms with E-state index in [2.05, 4.69) is 41.5 Å². The van der Waals surface area contributed by atoms with Crippen LogP contribution in [-0.2, 0) is 11.8 Å². The van der Waals surface area contributed by atoms with E-state index in [0.717, 1.165) is 0 Å². The van der Waals surface area contributed by atoms with Crippen LogP contribution in [0.5, 0.6) is 0 Å². The minimum atomic E-state index is 0.312. The first kappa shape index (κ1) is 10.8. The van der Waals surface area contributed by atoms with E-state index in [1.165, 1.54) is 17.5 Å². The maximum Gasteiger partial charge on any atom is 0.0134 e. The number of hydrogen-bond acceptors (Lipinski definition) is 1. The highest BCUT2D eigenvalue weighted by atomic mass is 32.1. The molecule has 0 unspecified atom stereocenters. The molecule has 74 valence electrons. The van der Waals surface area contributed by atoms with Crippen molar-refractivity contribution in [2.75, 3.05) is 0 Å². The zero-order valence-electron chi connectivity index (χ0n) is 9.62. The topological polar surface area (TPSA) is 0 Å². The monoisotopic (exact) mass is 196 g/mol. The lowest BCUT2D eigenvalue weighted by molar-refractivity contribution is 0.600. The van der Waals surface area contributed by atoms with Crippen LogP contribution >= 0.6 is 11.3 Å². The summed E-state index contributed by atoms with van der Waals surface area (Å²) in [5.74, 6) is 0. The molecule has 0 spiro atoms. The number of thiophene rings is 1. The Morgan fingerprint density at radius 2 is 1.62 bits per heavy atom. The van der Waals surface area contributed by atoms with Crippen LogP contribution in [0.4, 0.5) is 0 Å². The summed E-state index contributed by atoms with van der Waals surface area (Å²) < 4.78 is 0. The molecule has 1 heterocycles. The molecule has 1 rings (SSSR count). The largest absolute Gasteiger partial charge is 0.144 e. The Kier molecular flexibility index (Phi) is 2.86. The quantitative estimate of drug-likeness (QED) is 0.630. The Hall–Kier alpha value is -0.300. The molecule has 0 aliphatic rings. The fraction of sp³-hybridized carbons (Fsp3) is 0.667. The van der Waals surface area contributed by atoms with Crippen LogP contribution in [0.2, 0.25) is 0 Å². The Morgan fingerprint density at radius 1 is 1.08 bits per heavy atom. The second-order valence-corrected chi connectivity index (χ2v) is 5.81. The van der Waals surface area contributed by atoms with Crippen LogP contribution in [0, 0.1) is 13.8 Å². The van der Waals surface area contributed by atoms with Gasteiger partial charge in [0.2, 0.25) is 0 Å². The number of hydrogen-bond donors (Lipinski definition) is 0. The molecular weight excluding hydrogens is 176 g/mol. The third kappa shape index (κ3) is 1.96. The standard InChI is InChI=1S/C12H20S/c1-7-10-8(2)9(3)11(13-10)12(4,5)6/h7H2,1-6H3. The third-order valence-electron chi connectivity index (χ3n) is 2.55. The van der Waals surface area contributed by atoms with Gasteiger partial charge in [0.05, 0.1) is 0 Å². The van der Waals surface area contributed by atoms with Gasteiger partial charge in [0.1, 0.15) is 0 Å². The molecule has 0 saturated carbocycles. The first-order valence-electron chi connectivity index (χ1n) is 4.97. The minimum Gasteiger partial charge on any atom is -0.144 e. The third-order valence-corrected chi connectivity index (χ3v) is 4.51. The lowest BCUT2D eigenvalue weighted by atomic mass is 9.91. The van der Waals surface area contributed by atoms with Crippen molar-refractivity contribution in [1.29, 1.82) is 0 Å². The van der Waals surface area contributed by atoms with Crippen molar-refractivity contribution >= 4 is 11.3 Å². The van der Waals surface area contributed by atoms with Crippen LogP contribution in [0.25, 0.3) is 0 Å². The smallest absolute Gasteiger partial charge is 0.0134 e. The van der Waals surface area contributed by atoms with E-state index in [9.17, 15) is 0 Å².